The number of hydrogen-bond donors (Lipinski definition) is 0. The first-order valence-electron chi connectivity index (χ1n) is 9.48. The van der Waals surface area contributed by atoms with E-state index in [-0.39, 0.29) is 6.54 Å². The summed E-state index contributed by atoms with van der Waals surface area (Å²) in [4.78, 5) is 47.8. The van der Waals surface area contributed by atoms with E-state index >= 15 is 0 Å². The number of rotatable bonds is 6. The number of hydrogen-bond acceptors (Lipinski definition) is 5. The van der Waals surface area contributed by atoms with Gasteiger partial charge < -0.3 is 9.64 Å². The number of nitrogens with zero attached hydrogens (tertiary/aromatic N) is 2. The van der Waals surface area contributed by atoms with Crippen molar-refractivity contribution >= 4 is 17.5 Å². The summed E-state index contributed by atoms with van der Waals surface area (Å²) >= 11 is 0. The number of ketones is 2. The van der Waals surface area contributed by atoms with Crippen LogP contribution in [0.15, 0.2) is 73.3 Å². The number of H-pyrrole nitrogens is 1. The number of aromatic nitrogens is 2. The predicted molar refractivity (Wildman–Crippen MR) is 106 cm³/mol. The average molecular weight is 402 g/mol. The van der Waals surface area contributed by atoms with Gasteiger partial charge in [0.15, 0.2) is 18.2 Å². The molecule has 4 rings (SSSR count). The lowest BCUT2D eigenvalue weighted by Crippen LogP contribution is -2.31. The minimum Gasteiger partial charge on any atom is -0.497 e. The van der Waals surface area contributed by atoms with Gasteiger partial charge in [-0.25, -0.2) is 4.98 Å². The minimum absolute atomic E-state index is 0.180. The van der Waals surface area contributed by atoms with E-state index in [1.807, 2.05) is 6.07 Å². The molecule has 1 saturated heterocycles. The Morgan fingerprint density at radius 3 is 2.73 bits per heavy atom. The number of pyridine rings is 2. The summed E-state index contributed by atoms with van der Waals surface area (Å²) in [6, 6.07) is 13.1. The Morgan fingerprint density at radius 2 is 2.03 bits per heavy atom. The van der Waals surface area contributed by atoms with Gasteiger partial charge in [-0.15, -0.1) is 0 Å². The highest BCUT2D eigenvalue weighted by Gasteiger charge is 2.52. The summed E-state index contributed by atoms with van der Waals surface area (Å²) in [5.41, 5.74) is 1.79. The highest BCUT2D eigenvalue weighted by Crippen LogP contribution is 2.38. The second-order valence-corrected chi connectivity index (χ2v) is 7.01. The molecule has 1 aromatic carbocycles. The third-order valence-corrected chi connectivity index (χ3v) is 5.19. The molecule has 1 aliphatic rings. The van der Waals surface area contributed by atoms with Crippen LogP contribution in [0.3, 0.4) is 0 Å². The van der Waals surface area contributed by atoms with Gasteiger partial charge in [-0.1, -0.05) is 18.2 Å². The lowest BCUT2D eigenvalue weighted by atomic mass is 9.86. The van der Waals surface area contributed by atoms with Crippen molar-refractivity contribution in [3.63, 3.8) is 0 Å². The Bertz CT molecular complexity index is 1090. The van der Waals surface area contributed by atoms with E-state index in [0.29, 0.717) is 16.9 Å². The number of likely N-dealkylation sites (tertiary alicyclic amines) is 1. The van der Waals surface area contributed by atoms with Gasteiger partial charge in [-0.3, -0.25) is 19.4 Å². The smallest absolute Gasteiger partial charge is 0.291 e. The first kappa shape index (κ1) is 19.4. The fourth-order valence-electron chi connectivity index (χ4n) is 3.76. The molecule has 3 aromatic rings. The molecule has 0 bridgehead atoms. The second-order valence-electron chi connectivity index (χ2n) is 7.01. The van der Waals surface area contributed by atoms with Crippen LogP contribution in [-0.4, -0.2) is 34.5 Å². The zero-order valence-electron chi connectivity index (χ0n) is 16.3. The third kappa shape index (κ3) is 3.57. The largest absolute Gasteiger partial charge is 0.497 e. The maximum atomic E-state index is 13.4. The van der Waals surface area contributed by atoms with Crippen LogP contribution in [-0.2, 0) is 16.1 Å². The molecule has 3 heterocycles. The number of Topliss-reactive ketones (excluding diaryl/α,β-unsaturated/α-hetero) is 2. The van der Waals surface area contributed by atoms with E-state index in [0.717, 1.165) is 5.56 Å². The van der Waals surface area contributed by atoms with Crippen molar-refractivity contribution in [2.45, 2.75) is 12.6 Å². The monoisotopic (exact) mass is 402 g/mol. The number of carbonyl (C=O) groups excluding carboxylic acids is 3. The molecular weight excluding hydrogens is 382 g/mol. The van der Waals surface area contributed by atoms with Crippen molar-refractivity contribution in [1.82, 2.24) is 9.88 Å². The fourth-order valence-corrected chi connectivity index (χ4v) is 3.76. The fraction of sp³-hybridized carbons (Fsp3) is 0.174. The van der Waals surface area contributed by atoms with Crippen molar-refractivity contribution < 1.29 is 24.1 Å². The lowest BCUT2D eigenvalue weighted by molar-refractivity contribution is -0.379. The molecule has 7 heteroatoms. The van der Waals surface area contributed by atoms with E-state index in [1.54, 1.807) is 67.3 Å². The summed E-state index contributed by atoms with van der Waals surface area (Å²) in [5.74, 6) is -2.42. The number of benzene rings is 1. The Kier molecular flexibility index (Phi) is 5.34. The van der Waals surface area contributed by atoms with Crippen LogP contribution < -0.4 is 9.72 Å². The van der Waals surface area contributed by atoms with Crippen molar-refractivity contribution in [1.29, 1.82) is 0 Å². The van der Waals surface area contributed by atoms with Crippen molar-refractivity contribution in [2.75, 3.05) is 7.11 Å². The second kappa shape index (κ2) is 8.24. The molecule has 1 amide bonds. The molecule has 1 fully saturated rings. The summed E-state index contributed by atoms with van der Waals surface area (Å²) < 4.78 is 5.20. The van der Waals surface area contributed by atoms with Crippen molar-refractivity contribution in [2.24, 2.45) is 5.92 Å². The minimum atomic E-state index is -1.14. The van der Waals surface area contributed by atoms with Crippen LogP contribution in [0.4, 0.5) is 0 Å². The predicted octanol–water partition coefficient (Wildman–Crippen LogP) is 2.06. The van der Waals surface area contributed by atoms with Gasteiger partial charge >= 0.3 is 0 Å². The Hall–Kier alpha value is -3.87. The van der Waals surface area contributed by atoms with E-state index in [2.05, 4.69) is 9.97 Å². The molecule has 0 aliphatic carbocycles. The molecule has 1 aliphatic heterocycles. The van der Waals surface area contributed by atoms with Gasteiger partial charge in [0.25, 0.3) is 5.91 Å². The van der Waals surface area contributed by atoms with Crippen LogP contribution in [0.2, 0.25) is 0 Å². The Labute approximate surface area is 173 Å². The summed E-state index contributed by atoms with van der Waals surface area (Å²) in [5, 5.41) is 0. The zero-order valence-corrected chi connectivity index (χ0v) is 16.3. The number of aromatic amines is 1. The maximum absolute atomic E-state index is 13.4. The molecular formula is C23H20N3O4+. The van der Waals surface area contributed by atoms with Gasteiger partial charge in [0.1, 0.15) is 11.7 Å². The molecule has 0 spiro atoms. The van der Waals surface area contributed by atoms with Crippen LogP contribution in [0, 0.1) is 5.92 Å². The Morgan fingerprint density at radius 1 is 1.17 bits per heavy atom. The van der Waals surface area contributed by atoms with Gasteiger partial charge in [-0.2, -0.15) is 0 Å². The topological polar surface area (TPSA) is 90.7 Å². The van der Waals surface area contributed by atoms with Gasteiger partial charge in [0, 0.05) is 36.1 Å². The third-order valence-electron chi connectivity index (χ3n) is 5.19. The molecule has 2 unspecified atom stereocenters. The maximum Gasteiger partial charge on any atom is 0.291 e. The van der Waals surface area contributed by atoms with Gasteiger partial charge in [0.05, 0.1) is 13.2 Å². The number of nitrogens with one attached hydrogen (secondary N) is 1. The first-order chi connectivity index (χ1) is 14.6. The van der Waals surface area contributed by atoms with E-state index < -0.39 is 29.4 Å². The van der Waals surface area contributed by atoms with Crippen molar-refractivity contribution in [3.05, 3.63) is 90.0 Å². The van der Waals surface area contributed by atoms with Crippen LogP contribution in [0.1, 0.15) is 27.5 Å². The Balaban J connectivity index is 1.76. The molecule has 30 heavy (non-hydrogen) atoms. The van der Waals surface area contributed by atoms with E-state index in [1.165, 1.54) is 12.0 Å². The molecule has 7 nitrogen and oxygen atoms in total. The van der Waals surface area contributed by atoms with E-state index in [4.69, 9.17) is 4.74 Å². The van der Waals surface area contributed by atoms with Crippen molar-refractivity contribution in [3.8, 4) is 5.75 Å². The lowest BCUT2D eigenvalue weighted by Gasteiger charge is -2.26. The van der Waals surface area contributed by atoms with Crippen LogP contribution in [0.25, 0.3) is 0 Å². The number of ether oxygens (including phenoxy) is 1. The van der Waals surface area contributed by atoms with E-state index in [9.17, 15) is 14.4 Å². The van der Waals surface area contributed by atoms with Crippen LogP contribution in [0.5, 0.6) is 5.75 Å². The normalized spacial score (nSPS) is 18.5. The first-order valence-corrected chi connectivity index (χ1v) is 9.48. The quantitative estimate of drug-likeness (QED) is 0.358. The molecule has 0 radical (unpaired) electrons. The SMILES string of the molecule is COc1cccc(C(=O)C2C(=O)C(=O)N(Cc3cccnc3)C2c2ccc[nH+]c2)c1. The molecule has 150 valence electrons. The molecule has 2 aromatic heterocycles. The molecule has 1 N–H and O–H groups in total. The number of methoxy groups -OCH3 is 1. The molecule has 2 atom stereocenters. The summed E-state index contributed by atoms with van der Waals surface area (Å²) in [6.45, 7) is 0.180. The average Bonchev–Trinajstić information content (AvgIpc) is 3.05. The van der Waals surface area contributed by atoms with Gasteiger partial charge in [-0.05, 0) is 29.8 Å². The number of amides is 1. The highest BCUT2D eigenvalue weighted by molar-refractivity contribution is 6.44. The summed E-state index contributed by atoms with van der Waals surface area (Å²) in [6.07, 6.45) is 6.72. The van der Waals surface area contributed by atoms with Gasteiger partial charge in [0.2, 0.25) is 5.78 Å². The number of carbonyl (C=O) groups is 3. The highest BCUT2D eigenvalue weighted by atomic mass is 16.5. The van der Waals surface area contributed by atoms with Crippen LogP contribution >= 0.6 is 0 Å². The molecule has 0 saturated carbocycles. The standard InChI is InChI=1S/C23H19N3O4/c1-30-18-8-2-6-16(11-18)21(27)19-20(17-7-4-10-25-13-17)26(23(29)22(19)28)14-15-5-3-9-24-12-15/h2-13,19-20H,14H2,1H3/p+1. The summed E-state index contributed by atoms with van der Waals surface area (Å²) in [7, 11) is 1.51. The zero-order chi connectivity index (χ0) is 21.1.